The average Bonchev–Trinajstić information content (AvgIpc) is 2.97. The van der Waals surface area contributed by atoms with E-state index in [1.165, 1.54) is 17.8 Å². The lowest BCUT2D eigenvalue weighted by atomic mass is 10.0. The summed E-state index contributed by atoms with van der Waals surface area (Å²) < 4.78 is 0. The van der Waals surface area contributed by atoms with Gasteiger partial charge in [0.2, 0.25) is 0 Å². The molecule has 21 heavy (non-hydrogen) atoms. The van der Waals surface area contributed by atoms with Gasteiger partial charge < -0.3 is 15.6 Å². The first-order valence-electron chi connectivity index (χ1n) is 6.60. The summed E-state index contributed by atoms with van der Waals surface area (Å²) in [6.07, 6.45) is 2.18. The molecule has 7 heteroatoms. The zero-order valence-electron chi connectivity index (χ0n) is 11.2. The molecule has 0 bridgehead atoms. The Bertz CT molecular complexity index is 708. The molecule has 1 aromatic carbocycles. The molecular weight excluding hydrogens is 272 g/mol. The van der Waals surface area contributed by atoms with E-state index >= 15 is 0 Å². The minimum Gasteiger partial charge on any atom is -0.351 e. The summed E-state index contributed by atoms with van der Waals surface area (Å²) in [5.74, 6) is -0.396. The zero-order chi connectivity index (χ0) is 14.8. The van der Waals surface area contributed by atoms with Crippen LogP contribution in [0, 0.1) is 10.1 Å². The van der Waals surface area contributed by atoms with Crippen LogP contribution < -0.4 is 10.6 Å². The topological polar surface area (TPSA) is 100 Å². The van der Waals surface area contributed by atoms with E-state index in [0.29, 0.717) is 5.69 Å². The van der Waals surface area contributed by atoms with Gasteiger partial charge in [-0.05, 0) is 36.2 Å². The predicted octanol–water partition coefficient (Wildman–Crippen LogP) is 1.82. The number of carbonyl (C=O) groups is 1. The van der Waals surface area contributed by atoms with E-state index in [2.05, 4.69) is 15.6 Å². The van der Waals surface area contributed by atoms with Gasteiger partial charge in [-0.3, -0.25) is 14.9 Å². The van der Waals surface area contributed by atoms with Crippen LogP contribution in [0.2, 0.25) is 0 Å². The van der Waals surface area contributed by atoms with Crippen molar-refractivity contribution in [3.8, 4) is 0 Å². The number of nitrogens with one attached hydrogen (secondary N) is 3. The van der Waals surface area contributed by atoms with Gasteiger partial charge in [0.25, 0.3) is 11.6 Å². The molecule has 0 spiro atoms. The highest BCUT2D eigenvalue weighted by Gasteiger charge is 2.15. The van der Waals surface area contributed by atoms with Gasteiger partial charge in [-0.2, -0.15) is 0 Å². The fourth-order valence-corrected chi connectivity index (χ4v) is 2.38. The second-order valence-electron chi connectivity index (χ2n) is 4.89. The van der Waals surface area contributed by atoms with Gasteiger partial charge in [0.1, 0.15) is 5.69 Å². The third-order valence-corrected chi connectivity index (χ3v) is 3.47. The smallest absolute Gasteiger partial charge is 0.287 e. The Hall–Kier alpha value is -2.67. The Morgan fingerprint density at radius 2 is 2.14 bits per heavy atom. The minimum atomic E-state index is -0.544. The van der Waals surface area contributed by atoms with Gasteiger partial charge >= 0.3 is 0 Å². The number of aromatic amines is 1. The van der Waals surface area contributed by atoms with Gasteiger partial charge in [-0.1, -0.05) is 6.07 Å². The largest absolute Gasteiger partial charge is 0.351 e. The Balaban J connectivity index is 1.76. The summed E-state index contributed by atoms with van der Waals surface area (Å²) in [7, 11) is 0. The first-order chi connectivity index (χ1) is 10.1. The Morgan fingerprint density at radius 1 is 1.29 bits per heavy atom. The van der Waals surface area contributed by atoms with Crippen LogP contribution in [0.15, 0.2) is 30.5 Å². The van der Waals surface area contributed by atoms with Crippen LogP contribution in [-0.2, 0) is 13.0 Å². The van der Waals surface area contributed by atoms with Crippen molar-refractivity contribution in [2.75, 3.05) is 11.9 Å². The van der Waals surface area contributed by atoms with Crippen LogP contribution in [0.25, 0.3) is 0 Å². The molecule has 0 fully saturated rings. The second kappa shape index (κ2) is 5.37. The Kier molecular flexibility index (Phi) is 3.41. The summed E-state index contributed by atoms with van der Waals surface area (Å²) in [6.45, 7) is 1.75. The molecule has 0 unspecified atom stereocenters. The quantitative estimate of drug-likeness (QED) is 0.592. The maximum absolute atomic E-state index is 12.0. The van der Waals surface area contributed by atoms with Gasteiger partial charge in [-0.25, -0.2) is 0 Å². The fourth-order valence-electron chi connectivity index (χ4n) is 2.38. The van der Waals surface area contributed by atoms with Crippen LogP contribution in [0.3, 0.4) is 0 Å². The number of amides is 1. The third-order valence-electron chi connectivity index (χ3n) is 3.47. The van der Waals surface area contributed by atoms with Crippen LogP contribution in [0.5, 0.6) is 0 Å². The number of nitrogens with zero attached hydrogens (tertiary/aromatic N) is 1. The molecule has 1 aliphatic heterocycles. The zero-order valence-corrected chi connectivity index (χ0v) is 11.2. The Morgan fingerprint density at radius 3 is 2.90 bits per heavy atom. The molecule has 0 saturated carbocycles. The molecule has 0 radical (unpaired) electrons. The van der Waals surface area contributed by atoms with E-state index in [1.807, 2.05) is 18.2 Å². The van der Waals surface area contributed by atoms with Crippen molar-refractivity contribution in [1.29, 1.82) is 0 Å². The number of nitro groups is 1. The van der Waals surface area contributed by atoms with E-state index < -0.39 is 10.8 Å². The molecule has 1 amide bonds. The lowest BCUT2D eigenvalue weighted by Gasteiger charge is -2.18. The van der Waals surface area contributed by atoms with Crippen LogP contribution >= 0.6 is 0 Å². The number of hydrogen-bond donors (Lipinski definition) is 3. The highest BCUT2D eigenvalue weighted by Crippen LogP contribution is 2.20. The lowest BCUT2D eigenvalue weighted by Crippen LogP contribution is -2.23. The van der Waals surface area contributed by atoms with Crippen LogP contribution in [0.4, 0.5) is 11.4 Å². The summed E-state index contributed by atoms with van der Waals surface area (Å²) in [4.78, 5) is 24.7. The molecule has 108 valence electrons. The van der Waals surface area contributed by atoms with Gasteiger partial charge in [0, 0.05) is 18.3 Å². The molecule has 2 aromatic rings. The summed E-state index contributed by atoms with van der Waals surface area (Å²) in [5, 5.41) is 16.6. The number of rotatable bonds is 3. The SMILES string of the molecule is O=C(Nc1ccc2c(c1)CNCC2)c1cc([N+](=O)[O-])c[nH]1. The van der Waals surface area contributed by atoms with Crippen molar-refractivity contribution in [2.24, 2.45) is 0 Å². The van der Waals surface area contributed by atoms with Gasteiger partial charge in [0.05, 0.1) is 11.1 Å². The summed E-state index contributed by atoms with van der Waals surface area (Å²) in [5.41, 5.74) is 3.16. The van der Waals surface area contributed by atoms with E-state index in [4.69, 9.17) is 0 Å². The maximum atomic E-state index is 12.0. The predicted molar refractivity (Wildman–Crippen MR) is 77.3 cm³/mol. The number of H-pyrrole nitrogens is 1. The monoisotopic (exact) mass is 286 g/mol. The van der Waals surface area contributed by atoms with Crippen LogP contribution in [0.1, 0.15) is 21.6 Å². The van der Waals surface area contributed by atoms with E-state index in [1.54, 1.807) is 0 Å². The highest BCUT2D eigenvalue weighted by molar-refractivity contribution is 6.03. The molecule has 2 heterocycles. The van der Waals surface area contributed by atoms with Gasteiger partial charge in [-0.15, -0.1) is 0 Å². The third kappa shape index (κ3) is 2.77. The molecular formula is C14H14N4O3. The number of aromatic nitrogens is 1. The summed E-state index contributed by atoms with van der Waals surface area (Å²) in [6, 6.07) is 6.99. The van der Waals surface area contributed by atoms with Crippen molar-refractivity contribution in [3.63, 3.8) is 0 Å². The maximum Gasteiger partial charge on any atom is 0.287 e. The number of benzene rings is 1. The van der Waals surface area contributed by atoms with Crippen molar-refractivity contribution < 1.29 is 9.72 Å². The van der Waals surface area contributed by atoms with Crippen molar-refractivity contribution in [2.45, 2.75) is 13.0 Å². The standard InChI is InChI=1S/C14H14N4O3/c19-14(13-6-12(8-16-13)18(20)21)17-11-2-1-9-3-4-15-7-10(9)5-11/h1-2,5-6,8,15-16H,3-4,7H2,(H,17,19). The van der Waals surface area contributed by atoms with E-state index in [0.717, 1.165) is 25.1 Å². The molecule has 0 aliphatic carbocycles. The normalized spacial score (nSPS) is 13.5. The number of hydrogen-bond acceptors (Lipinski definition) is 4. The number of anilines is 1. The second-order valence-corrected chi connectivity index (χ2v) is 4.89. The van der Waals surface area contributed by atoms with E-state index in [9.17, 15) is 14.9 Å². The fraction of sp³-hybridized carbons (Fsp3) is 0.214. The molecule has 3 N–H and O–H groups in total. The van der Waals surface area contributed by atoms with Gasteiger partial charge in [0.15, 0.2) is 0 Å². The van der Waals surface area contributed by atoms with Crippen molar-refractivity contribution >= 4 is 17.3 Å². The molecule has 3 rings (SSSR count). The van der Waals surface area contributed by atoms with Crippen molar-refractivity contribution in [3.05, 3.63) is 57.4 Å². The lowest BCUT2D eigenvalue weighted by molar-refractivity contribution is -0.384. The molecule has 1 aliphatic rings. The molecule has 7 nitrogen and oxygen atoms in total. The highest BCUT2D eigenvalue weighted by atomic mass is 16.6. The number of carbonyl (C=O) groups excluding carboxylic acids is 1. The van der Waals surface area contributed by atoms with Crippen LogP contribution in [-0.4, -0.2) is 22.4 Å². The first-order valence-corrected chi connectivity index (χ1v) is 6.60. The Labute approximate surface area is 120 Å². The molecule has 1 aromatic heterocycles. The minimum absolute atomic E-state index is 0.130. The first kappa shape index (κ1) is 13.3. The number of fused-ring (bicyclic) bond motifs is 1. The summed E-state index contributed by atoms with van der Waals surface area (Å²) >= 11 is 0. The molecule has 0 atom stereocenters. The van der Waals surface area contributed by atoms with E-state index in [-0.39, 0.29) is 11.4 Å². The molecule has 0 saturated heterocycles. The average molecular weight is 286 g/mol. The van der Waals surface area contributed by atoms with Crippen molar-refractivity contribution in [1.82, 2.24) is 10.3 Å².